The van der Waals surface area contributed by atoms with Crippen molar-refractivity contribution in [2.24, 2.45) is 0 Å². The van der Waals surface area contributed by atoms with Crippen molar-refractivity contribution in [2.45, 2.75) is 0 Å². The number of nitrogens with one attached hydrogen (secondary N) is 2. The topological polar surface area (TPSA) is 76.7 Å². The normalized spacial score (nSPS) is 9.96. The number of rotatable bonds is 6. The van der Waals surface area contributed by atoms with E-state index >= 15 is 0 Å². The van der Waals surface area contributed by atoms with Crippen LogP contribution in [0.15, 0.2) is 46.9 Å². The molecule has 126 valence electrons. The van der Waals surface area contributed by atoms with Crippen molar-refractivity contribution in [3.63, 3.8) is 0 Å². The predicted octanol–water partition coefficient (Wildman–Crippen LogP) is 2.83. The molecule has 0 saturated carbocycles. The summed E-state index contributed by atoms with van der Waals surface area (Å²) < 4.78 is 11.3. The molecule has 2 N–H and O–H groups in total. The maximum Gasteiger partial charge on any atom is 0.259 e. The number of hydrogen-bond donors (Lipinski definition) is 2. The fourth-order valence-corrected chi connectivity index (χ4v) is 2.33. The van der Waals surface area contributed by atoms with Gasteiger partial charge in [0, 0.05) is 10.2 Å². The first-order valence-corrected chi connectivity index (χ1v) is 7.89. The van der Waals surface area contributed by atoms with Crippen molar-refractivity contribution in [1.82, 2.24) is 5.32 Å². The molecule has 2 amide bonds. The number of carbonyl (C=O) groups is 2. The first-order chi connectivity index (χ1) is 11.5. The standard InChI is InChI=1S/C17H17BrN2O4/c1-23-13-4-3-5-14(24-2)16(13)17(22)19-10-15(21)20-12-8-6-11(18)7-9-12/h3-9H,10H2,1-2H3,(H,19,22)(H,20,21). The van der Waals surface area contributed by atoms with Crippen molar-refractivity contribution in [3.05, 3.63) is 52.5 Å². The van der Waals surface area contributed by atoms with Gasteiger partial charge in [-0.2, -0.15) is 0 Å². The maximum atomic E-state index is 12.3. The van der Waals surface area contributed by atoms with Crippen molar-refractivity contribution in [2.75, 3.05) is 26.1 Å². The third-order valence-corrected chi connectivity index (χ3v) is 3.72. The highest BCUT2D eigenvalue weighted by Crippen LogP contribution is 2.27. The second-order valence-corrected chi connectivity index (χ2v) is 5.69. The number of anilines is 1. The first-order valence-electron chi connectivity index (χ1n) is 7.09. The number of benzene rings is 2. The fraction of sp³-hybridized carbons (Fsp3) is 0.176. The Balaban J connectivity index is 2.00. The van der Waals surface area contributed by atoms with Crippen LogP contribution >= 0.6 is 15.9 Å². The van der Waals surface area contributed by atoms with Gasteiger partial charge in [-0.25, -0.2) is 0 Å². The molecule has 0 atom stereocenters. The zero-order chi connectivity index (χ0) is 17.5. The van der Waals surface area contributed by atoms with Gasteiger partial charge in [-0.15, -0.1) is 0 Å². The molecule has 0 aliphatic carbocycles. The number of ether oxygens (including phenoxy) is 2. The van der Waals surface area contributed by atoms with Crippen LogP contribution in [0.3, 0.4) is 0 Å². The Kier molecular flexibility index (Phi) is 6.20. The lowest BCUT2D eigenvalue weighted by atomic mass is 10.1. The van der Waals surface area contributed by atoms with E-state index in [4.69, 9.17) is 9.47 Å². The molecule has 6 nitrogen and oxygen atoms in total. The van der Waals surface area contributed by atoms with E-state index in [0.717, 1.165) is 4.47 Å². The molecule has 0 bridgehead atoms. The average Bonchev–Trinajstić information content (AvgIpc) is 2.60. The summed E-state index contributed by atoms with van der Waals surface area (Å²) in [4.78, 5) is 24.3. The molecule has 0 fully saturated rings. The minimum atomic E-state index is -0.449. The van der Waals surface area contributed by atoms with Crippen LogP contribution < -0.4 is 20.1 Å². The number of amides is 2. The summed E-state index contributed by atoms with van der Waals surface area (Å²) in [7, 11) is 2.93. The van der Waals surface area contributed by atoms with Gasteiger partial charge in [-0.05, 0) is 36.4 Å². The molecule has 24 heavy (non-hydrogen) atoms. The SMILES string of the molecule is COc1cccc(OC)c1C(=O)NCC(=O)Nc1ccc(Br)cc1. The van der Waals surface area contributed by atoms with E-state index in [1.165, 1.54) is 14.2 Å². The Morgan fingerprint density at radius 3 is 2.12 bits per heavy atom. The van der Waals surface area contributed by atoms with Gasteiger partial charge in [0.15, 0.2) is 0 Å². The van der Waals surface area contributed by atoms with Gasteiger partial charge in [-0.1, -0.05) is 22.0 Å². The highest BCUT2D eigenvalue weighted by molar-refractivity contribution is 9.10. The van der Waals surface area contributed by atoms with Crippen LogP contribution in [0.5, 0.6) is 11.5 Å². The summed E-state index contributed by atoms with van der Waals surface area (Å²) in [5, 5.41) is 5.26. The smallest absolute Gasteiger partial charge is 0.259 e. The minimum absolute atomic E-state index is 0.171. The lowest BCUT2D eigenvalue weighted by Gasteiger charge is -2.13. The molecule has 2 aromatic rings. The van der Waals surface area contributed by atoms with Crippen LogP contribution in [0, 0.1) is 0 Å². The van der Waals surface area contributed by atoms with E-state index in [2.05, 4.69) is 26.6 Å². The van der Waals surface area contributed by atoms with E-state index < -0.39 is 5.91 Å². The maximum absolute atomic E-state index is 12.3. The molecule has 0 aliphatic rings. The van der Waals surface area contributed by atoms with Crippen LogP contribution in [-0.2, 0) is 4.79 Å². The number of methoxy groups -OCH3 is 2. The quantitative estimate of drug-likeness (QED) is 0.792. The van der Waals surface area contributed by atoms with Crippen molar-refractivity contribution in [3.8, 4) is 11.5 Å². The lowest BCUT2D eigenvalue weighted by Crippen LogP contribution is -2.33. The van der Waals surface area contributed by atoms with Gasteiger partial charge in [0.1, 0.15) is 17.1 Å². The third-order valence-electron chi connectivity index (χ3n) is 3.19. The van der Waals surface area contributed by atoms with Gasteiger partial charge < -0.3 is 20.1 Å². The molecule has 0 radical (unpaired) electrons. The third kappa shape index (κ3) is 4.48. The van der Waals surface area contributed by atoms with Crippen molar-refractivity contribution in [1.29, 1.82) is 0 Å². The Morgan fingerprint density at radius 1 is 1.00 bits per heavy atom. The zero-order valence-corrected chi connectivity index (χ0v) is 14.8. The highest BCUT2D eigenvalue weighted by Gasteiger charge is 2.18. The molecule has 7 heteroatoms. The first kappa shape index (κ1) is 17.8. The van der Waals surface area contributed by atoms with Crippen LogP contribution in [0.2, 0.25) is 0 Å². The number of hydrogen-bond acceptors (Lipinski definition) is 4. The van der Waals surface area contributed by atoms with Gasteiger partial charge in [0.2, 0.25) is 5.91 Å². The van der Waals surface area contributed by atoms with E-state index in [1.807, 2.05) is 12.1 Å². The molecule has 0 saturated heterocycles. The van der Waals surface area contributed by atoms with Crippen molar-refractivity contribution < 1.29 is 19.1 Å². The minimum Gasteiger partial charge on any atom is -0.496 e. The second-order valence-electron chi connectivity index (χ2n) is 4.78. The molecule has 0 heterocycles. The van der Waals surface area contributed by atoms with E-state index in [0.29, 0.717) is 17.2 Å². The van der Waals surface area contributed by atoms with Crippen LogP contribution in [0.4, 0.5) is 5.69 Å². The summed E-state index contributed by atoms with van der Waals surface area (Å²) in [6, 6.07) is 12.2. The predicted molar refractivity (Wildman–Crippen MR) is 94.7 cm³/mol. The molecule has 0 spiro atoms. The van der Waals surface area contributed by atoms with E-state index in [1.54, 1.807) is 30.3 Å². The molecular weight excluding hydrogens is 376 g/mol. The van der Waals surface area contributed by atoms with Crippen LogP contribution in [-0.4, -0.2) is 32.6 Å². The van der Waals surface area contributed by atoms with Gasteiger partial charge in [-0.3, -0.25) is 9.59 Å². The number of carbonyl (C=O) groups excluding carboxylic acids is 2. The summed E-state index contributed by atoms with van der Waals surface area (Å²) in [5.74, 6) is -0.0323. The Hall–Kier alpha value is -2.54. The zero-order valence-electron chi connectivity index (χ0n) is 13.3. The number of halogens is 1. The molecule has 0 aromatic heterocycles. The lowest BCUT2D eigenvalue weighted by molar-refractivity contribution is -0.115. The van der Waals surface area contributed by atoms with Crippen LogP contribution in [0.1, 0.15) is 10.4 Å². The highest BCUT2D eigenvalue weighted by atomic mass is 79.9. The Bertz CT molecular complexity index is 710. The van der Waals surface area contributed by atoms with Gasteiger partial charge in [0.25, 0.3) is 5.91 Å². The molecule has 2 rings (SSSR count). The molecular formula is C17H17BrN2O4. The monoisotopic (exact) mass is 392 g/mol. The molecule has 2 aromatic carbocycles. The van der Waals surface area contributed by atoms with Gasteiger partial charge in [0.05, 0.1) is 20.8 Å². The van der Waals surface area contributed by atoms with E-state index in [-0.39, 0.29) is 18.0 Å². The summed E-state index contributed by atoms with van der Waals surface area (Å²) in [5.41, 5.74) is 0.895. The average molecular weight is 393 g/mol. The fourth-order valence-electron chi connectivity index (χ4n) is 2.06. The summed E-state index contributed by atoms with van der Waals surface area (Å²) in [6.07, 6.45) is 0. The largest absolute Gasteiger partial charge is 0.496 e. The van der Waals surface area contributed by atoms with Gasteiger partial charge >= 0.3 is 0 Å². The summed E-state index contributed by atoms with van der Waals surface area (Å²) in [6.45, 7) is -0.171. The van der Waals surface area contributed by atoms with Crippen LogP contribution in [0.25, 0.3) is 0 Å². The summed E-state index contributed by atoms with van der Waals surface area (Å²) >= 11 is 3.32. The molecule has 0 unspecified atom stereocenters. The Morgan fingerprint density at radius 2 is 1.58 bits per heavy atom. The Labute approximate surface area is 148 Å². The molecule has 0 aliphatic heterocycles. The second kappa shape index (κ2) is 8.35. The van der Waals surface area contributed by atoms with E-state index in [9.17, 15) is 9.59 Å². The van der Waals surface area contributed by atoms with Crippen molar-refractivity contribution >= 4 is 33.4 Å².